The lowest BCUT2D eigenvalue weighted by Crippen LogP contribution is -2.61. The van der Waals surface area contributed by atoms with Crippen LogP contribution in [0.15, 0.2) is 0 Å². The number of hydrogen-bond donors (Lipinski definition) is 1. The van der Waals surface area contributed by atoms with Gasteiger partial charge in [0.1, 0.15) is 0 Å². The molecule has 1 N–H and O–H groups in total. The van der Waals surface area contributed by atoms with Crippen LogP contribution < -0.4 is 4.72 Å². The van der Waals surface area contributed by atoms with E-state index in [-0.39, 0.29) is 30.4 Å². The highest BCUT2D eigenvalue weighted by atomic mass is 32.2. The van der Waals surface area contributed by atoms with Crippen molar-refractivity contribution in [2.24, 2.45) is 16.2 Å². The van der Waals surface area contributed by atoms with Crippen LogP contribution >= 0.6 is 0 Å². The Labute approximate surface area is 135 Å². The van der Waals surface area contributed by atoms with E-state index in [0.29, 0.717) is 0 Å². The quantitative estimate of drug-likeness (QED) is 0.797. The summed E-state index contributed by atoms with van der Waals surface area (Å²) < 4.78 is 66.6. The molecular formula is C15H23F3N2O2S. The molecule has 2 aliphatic carbocycles. The average Bonchev–Trinajstić information content (AvgIpc) is 2.20. The lowest BCUT2D eigenvalue weighted by atomic mass is 9.45. The minimum atomic E-state index is -4.40. The van der Waals surface area contributed by atoms with Crippen molar-refractivity contribution in [1.29, 1.82) is 5.26 Å². The fourth-order valence-corrected chi connectivity index (χ4v) is 5.65. The SMILES string of the molecule is CC(C)(CC#N)CS(=O)(=O)NCC1(C(F)(F)F)CC2(CCC2)C1. The van der Waals surface area contributed by atoms with Crippen LogP contribution in [0.25, 0.3) is 0 Å². The van der Waals surface area contributed by atoms with Crippen LogP contribution in [0.1, 0.15) is 52.4 Å². The van der Waals surface area contributed by atoms with Crippen LogP contribution in [0.3, 0.4) is 0 Å². The highest BCUT2D eigenvalue weighted by Crippen LogP contribution is 2.68. The first kappa shape index (κ1) is 18.5. The minimum absolute atomic E-state index is 0.0214. The third-order valence-electron chi connectivity index (χ3n) is 5.21. The maximum absolute atomic E-state index is 13.4. The number of halogens is 3. The van der Waals surface area contributed by atoms with Crippen molar-refractivity contribution in [3.05, 3.63) is 0 Å². The molecule has 8 heteroatoms. The van der Waals surface area contributed by atoms with Gasteiger partial charge < -0.3 is 0 Å². The van der Waals surface area contributed by atoms with Gasteiger partial charge in [0.2, 0.25) is 10.0 Å². The Bertz CT molecular complexity index is 593. The fraction of sp³-hybridized carbons (Fsp3) is 0.933. The van der Waals surface area contributed by atoms with E-state index < -0.39 is 33.6 Å². The van der Waals surface area contributed by atoms with Crippen molar-refractivity contribution >= 4 is 10.0 Å². The highest BCUT2D eigenvalue weighted by Gasteiger charge is 2.68. The minimum Gasteiger partial charge on any atom is -0.214 e. The number of nitrogens with one attached hydrogen (secondary N) is 1. The maximum Gasteiger partial charge on any atom is 0.395 e. The fourth-order valence-electron chi connectivity index (χ4n) is 3.92. The second-order valence-electron chi connectivity index (χ2n) is 8.06. The van der Waals surface area contributed by atoms with Crippen LogP contribution in [0.4, 0.5) is 13.2 Å². The monoisotopic (exact) mass is 352 g/mol. The number of sulfonamides is 1. The molecule has 23 heavy (non-hydrogen) atoms. The van der Waals surface area contributed by atoms with Gasteiger partial charge in [0.05, 0.1) is 17.2 Å². The van der Waals surface area contributed by atoms with Crippen LogP contribution in [-0.4, -0.2) is 26.9 Å². The number of hydrogen-bond acceptors (Lipinski definition) is 3. The Balaban J connectivity index is 2.01. The zero-order valence-electron chi connectivity index (χ0n) is 13.5. The predicted octanol–water partition coefficient (Wildman–Crippen LogP) is 3.36. The molecule has 0 radical (unpaired) electrons. The van der Waals surface area contributed by atoms with Crippen molar-refractivity contribution in [2.75, 3.05) is 12.3 Å². The summed E-state index contributed by atoms with van der Waals surface area (Å²) in [7, 11) is -3.86. The molecule has 2 fully saturated rings. The van der Waals surface area contributed by atoms with Gasteiger partial charge in [-0.3, -0.25) is 0 Å². The zero-order valence-corrected chi connectivity index (χ0v) is 14.3. The van der Waals surface area contributed by atoms with E-state index in [1.807, 2.05) is 6.07 Å². The molecule has 0 bridgehead atoms. The molecule has 0 unspecified atom stereocenters. The second-order valence-corrected chi connectivity index (χ2v) is 9.87. The first-order valence-electron chi connectivity index (χ1n) is 7.76. The third kappa shape index (κ3) is 3.82. The smallest absolute Gasteiger partial charge is 0.214 e. The molecule has 2 saturated carbocycles. The van der Waals surface area contributed by atoms with E-state index in [1.54, 1.807) is 13.8 Å². The summed E-state index contributed by atoms with van der Waals surface area (Å²) in [5, 5.41) is 8.69. The predicted molar refractivity (Wildman–Crippen MR) is 79.8 cm³/mol. The summed E-state index contributed by atoms with van der Waals surface area (Å²) in [6.07, 6.45) is -1.75. The van der Waals surface area contributed by atoms with Gasteiger partial charge in [0, 0.05) is 13.0 Å². The van der Waals surface area contributed by atoms with E-state index in [4.69, 9.17) is 5.26 Å². The van der Waals surface area contributed by atoms with Gasteiger partial charge in [-0.05, 0) is 36.5 Å². The topological polar surface area (TPSA) is 70.0 Å². The van der Waals surface area contributed by atoms with Crippen molar-refractivity contribution in [2.45, 2.75) is 58.5 Å². The van der Waals surface area contributed by atoms with Gasteiger partial charge in [-0.15, -0.1) is 0 Å². The van der Waals surface area contributed by atoms with Gasteiger partial charge >= 0.3 is 6.18 Å². The molecule has 2 aliphatic rings. The standard InChI is InChI=1S/C15H23F3N2O2S/c1-12(2,6-7-19)11-23(21,22)20-10-14(15(16,17)18)8-13(9-14)4-3-5-13/h20H,3-6,8-11H2,1-2H3. The Morgan fingerprint density at radius 3 is 2.17 bits per heavy atom. The molecular weight excluding hydrogens is 329 g/mol. The summed E-state index contributed by atoms with van der Waals surface area (Å²) in [6.45, 7) is 2.63. The summed E-state index contributed by atoms with van der Waals surface area (Å²) >= 11 is 0. The normalized spacial score (nSPS) is 23.0. The summed E-state index contributed by atoms with van der Waals surface area (Å²) in [5.41, 5.74) is -2.93. The maximum atomic E-state index is 13.4. The first-order valence-corrected chi connectivity index (χ1v) is 9.41. The molecule has 132 valence electrons. The molecule has 0 saturated heterocycles. The highest BCUT2D eigenvalue weighted by molar-refractivity contribution is 7.89. The molecule has 0 aromatic heterocycles. The molecule has 2 rings (SSSR count). The molecule has 0 atom stereocenters. The molecule has 1 spiro atoms. The Kier molecular flexibility index (Phi) is 4.53. The van der Waals surface area contributed by atoms with Crippen LogP contribution in [0.5, 0.6) is 0 Å². The van der Waals surface area contributed by atoms with Crippen LogP contribution in [-0.2, 0) is 10.0 Å². The Morgan fingerprint density at radius 1 is 1.22 bits per heavy atom. The summed E-state index contributed by atoms with van der Waals surface area (Å²) in [6, 6.07) is 1.90. The van der Waals surface area contributed by atoms with E-state index in [9.17, 15) is 21.6 Å². The lowest BCUT2D eigenvalue weighted by Gasteiger charge is -2.61. The van der Waals surface area contributed by atoms with Crippen molar-refractivity contribution < 1.29 is 21.6 Å². The second kappa shape index (κ2) is 5.62. The molecule has 0 heterocycles. The van der Waals surface area contributed by atoms with Gasteiger partial charge in [0.15, 0.2) is 0 Å². The number of alkyl halides is 3. The molecule has 4 nitrogen and oxygen atoms in total. The number of nitriles is 1. The number of nitrogens with zero attached hydrogens (tertiary/aromatic N) is 1. The van der Waals surface area contributed by atoms with E-state index >= 15 is 0 Å². The van der Waals surface area contributed by atoms with E-state index in [0.717, 1.165) is 19.3 Å². The Hall–Kier alpha value is -0.810. The van der Waals surface area contributed by atoms with E-state index in [2.05, 4.69) is 4.72 Å². The molecule has 0 aromatic rings. The third-order valence-corrected chi connectivity index (χ3v) is 6.96. The molecule has 0 aromatic carbocycles. The molecule has 0 amide bonds. The largest absolute Gasteiger partial charge is 0.395 e. The van der Waals surface area contributed by atoms with Crippen LogP contribution in [0.2, 0.25) is 0 Å². The van der Waals surface area contributed by atoms with Crippen molar-refractivity contribution in [3.63, 3.8) is 0 Å². The van der Waals surface area contributed by atoms with Gasteiger partial charge in [-0.2, -0.15) is 18.4 Å². The molecule has 0 aliphatic heterocycles. The first-order chi connectivity index (χ1) is 10.3. The van der Waals surface area contributed by atoms with Crippen molar-refractivity contribution in [1.82, 2.24) is 4.72 Å². The van der Waals surface area contributed by atoms with Crippen LogP contribution in [0, 0.1) is 27.6 Å². The summed E-state index contributed by atoms with van der Waals surface area (Å²) in [4.78, 5) is 0. The van der Waals surface area contributed by atoms with Gasteiger partial charge in [-0.1, -0.05) is 20.3 Å². The number of rotatable bonds is 6. The lowest BCUT2D eigenvalue weighted by molar-refractivity contribution is -0.290. The Morgan fingerprint density at radius 2 is 1.78 bits per heavy atom. The van der Waals surface area contributed by atoms with Gasteiger partial charge in [0.25, 0.3) is 0 Å². The average molecular weight is 352 g/mol. The van der Waals surface area contributed by atoms with E-state index in [1.165, 1.54) is 0 Å². The van der Waals surface area contributed by atoms with Gasteiger partial charge in [-0.25, -0.2) is 13.1 Å². The summed E-state index contributed by atoms with van der Waals surface area (Å²) in [5.74, 6) is -0.355. The van der Waals surface area contributed by atoms with Crippen molar-refractivity contribution in [3.8, 4) is 6.07 Å². The zero-order chi connectivity index (χ0) is 17.6.